The Balaban J connectivity index is 0.00000306. The minimum Gasteiger partial charge on any atom is -1.00 e. The molecule has 0 fully saturated rings. The highest BCUT2D eigenvalue weighted by Gasteiger charge is 2.16. The maximum atomic E-state index is 11.4. The van der Waals surface area contributed by atoms with Gasteiger partial charge in [0.25, 0.3) is 0 Å². The molecule has 0 spiro atoms. The van der Waals surface area contributed by atoms with Crippen LogP contribution in [0.3, 0.4) is 0 Å². The molecule has 3 aromatic heterocycles. The van der Waals surface area contributed by atoms with Gasteiger partial charge < -0.3 is 28.1 Å². The lowest BCUT2D eigenvalue weighted by molar-refractivity contribution is -0.0000219. The lowest BCUT2D eigenvalue weighted by Gasteiger charge is -2.12. The standard InChI is InChI=1S/C21H15Cl2N7O2.ClH/c22-13-2-3-14(15(23)7-13)17-11-30-18(8-16(29-30)21(31)32)20(28-17)26-6-5-25-19-4-1-12(9-24)10-27-19;/h1-4,7-8,10-11H,5-6H2,(H,25,27)(H,26,28)(H,31,32);1H/p-1. The van der Waals surface area contributed by atoms with Crippen LogP contribution in [0.15, 0.2) is 48.8 Å². The number of halogens is 3. The maximum absolute atomic E-state index is 11.4. The second-order valence-corrected chi connectivity index (χ2v) is 7.50. The molecule has 0 saturated carbocycles. The summed E-state index contributed by atoms with van der Waals surface area (Å²) in [6.07, 6.45) is 3.10. The van der Waals surface area contributed by atoms with Gasteiger partial charge in [0.05, 0.1) is 22.5 Å². The van der Waals surface area contributed by atoms with E-state index < -0.39 is 5.97 Å². The van der Waals surface area contributed by atoms with Gasteiger partial charge in [-0.2, -0.15) is 10.4 Å². The summed E-state index contributed by atoms with van der Waals surface area (Å²) in [6.45, 7) is 0.953. The van der Waals surface area contributed by atoms with Crippen LogP contribution in [0.4, 0.5) is 11.6 Å². The molecule has 0 bridgehead atoms. The molecule has 33 heavy (non-hydrogen) atoms. The van der Waals surface area contributed by atoms with E-state index in [9.17, 15) is 9.90 Å². The molecule has 0 amide bonds. The van der Waals surface area contributed by atoms with E-state index in [-0.39, 0.29) is 18.1 Å². The largest absolute Gasteiger partial charge is 1.00 e. The van der Waals surface area contributed by atoms with Crippen LogP contribution in [-0.4, -0.2) is 43.7 Å². The Hall–Kier alpha value is -3.58. The highest BCUT2D eigenvalue weighted by atomic mass is 35.5. The summed E-state index contributed by atoms with van der Waals surface area (Å²) >= 11 is 12.3. The SMILES string of the molecule is N#Cc1ccc(NCCNc2nc(-c3ccc(Cl)cc3Cl)cn3nc(C(=O)O)cc23)nc1.[Cl-]. The molecule has 0 aliphatic carbocycles. The van der Waals surface area contributed by atoms with Gasteiger partial charge in [0.2, 0.25) is 0 Å². The molecule has 0 atom stereocenters. The predicted octanol–water partition coefficient (Wildman–Crippen LogP) is 1.20. The van der Waals surface area contributed by atoms with Gasteiger partial charge in [-0.1, -0.05) is 23.2 Å². The van der Waals surface area contributed by atoms with Crippen molar-refractivity contribution in [1.82, 2.24) is 19.6 Å². The van der Waals surface area contributed by atoms with Crippen LogP contribution in [0.1, 0.15) is 16.1 Å². The summed E-state index contributed by atoms with van der Waals surface area (Å²) in [6, 6.07) is 11.9. The van der Waals surface area contributed by atoms with Crippen LogP contribution in [0.2, 0.25) is 10.0 Å². The minimum absolute atomic E-state index is 0. The number of aromatic nitrogens is 4. The van der Waals surface area contributed by atoms with Gasteiger partial charge in [-0.3, -0.25) is 0 Å². The lowest BCUT2D eigenvalue weighted by Crippen LogP contribution is -3.00. The van der Waals surface area contributed by atoms with Crippen molar-refractivity contribution in [3.8, 4) is 17.3 Å². The maximum Gasteiger partial charge on any atom is 0.356 e. The lowest BCUT2D eigenvalue weighted by atomic mass is 10.1. The van der Waals surface area contributed by atoms with E-state index in [1.807, 2.05) is 6.07 Å². The quantitative estimate of drug-likeness (QED) is 0.321. The van der Waals surface area contributed by atoms with Gasteiger partial charge in [-0.05, 0) is 30.3 Å². The number of carboxylic acid groups (broad SMARTS) is 1. The minimum atomic E-state index is -1.14. The fraction of sp³-hybridized carbons (Fsp3) is 0.0952. The van der Waals surface area contributed by atoms with Crippen molar-refractivity contribution in [2.24, 2.45) is 0 Å². The van der Waals surface area contributed by atoms with Gasteiger partial charge >= 0.3 is 5.97 Å². The molecule has 0 aliphatic rings. The van der Waals surface area contributed by atoms with E-state index in [1.54, 1.807) is 36.5 Å². The van der Waals surface area contributed by atoms with Crippen molar-refractivity contribution < 1.29 is 22.3 Å². The molecule has 4 rings (SSSR count). The number of nitrogens with zero attached hydrogens (tertiary/aromatic N) is 5. The normalized spacial score (nSPS) is 10.3. The summed E-state index contributed by atoms with van der Waals surface area (Å²) in [5, 5.41) is 29.5. The number of rotatable bonds is 7. The first-order chi connectivity index (χ1) is 15.4. The van der Waals surface area contributed by atoms with Crippen molar-refractivity contribution >= 4 is 46.3 Å². The first-order valence-electron chi connectivity index (χ1n) is 9.37. The highest BCUT2D eigenvalue weighted by Crippen LogP contribution is 2.31. The van der Waals surface area contributed by atoms with Crippen LogP contribution < -0.4 is 23.0 Å². The fourth-order valence-electron chi connectivity index (χ4n) is 2.99. The number of nitrogens with one attached hydrogen (secondary N) is 2. The molecule has 0 unspecified atom stereocenters. The van der Waals surface area contributed by atoms with E-state index in [1.165, 1.54) is 16.8 Å². The smallest absolute Gasteiger partial charge is 0.356 e. The molecular weight excluding hydrogens is 489 g/mol. The Morgan fingerprint density at radius 2 is 1.94 bits per heavy atom. The zero-order chi connectivity index (χ0) is 22.7. The Kier molecular flexibility index (Phi) is 7.55. The topological polar surface area (TPSA) is 128 Å². The summed E-state index contributed by atoms with van der Waals surface area (Å²) < 4.78 is 1.45. The van der Waals surface area contributed by atoms with Crippen LogP contribution in [0, 0.1) is 11.3 Å². The summed E-state index contributed by atoms with van der Waals surface area (Å²) in [7, 11) is 0. The molecule has 4 aromatic rings. The number of aromatic carboxylic acids is 1. The van der Waals surface area contributed by atoms with Gasteiger partial charge in [0.15, 0.2) is 11.5 Å². The molecular formula is C21H15Cl3N7O2-. The summed E-state index contributed by atoms with van der Waals surface area (Å²) in [5.74, 6) is -0.0643. The van der Waals surface area contributed by atoms with E-state index in [0.29, 0.717) is 57.1 Å². The van der Waals surface area contributed by atoms with Gasteiger partial charge in [-0.15, -0.1) is 0 Å². The zero-order valence-electron chi connectivity index (χ0n) is 16.8. The van der Waals surface area contributed by atoms with Crippen LogP contribution in [0.25, 0.3) is 16.8 Å². The molecule has 3 heterocycles. The second-order valence-electron chi connectivity index (χ2n) is 6.66. The van der Waals surface area contributed by atoms with E-state index in [0.717, 1.165) is 0 Å². The Morgan fingerprint density at radius 3 is 2.61 bits per heavy atom. The summed E-state index contributed by atoms with van der Waals surface area (Å²) in [5.41, 5.74) is 2.02. The van der Waals surface area contributed by atoms with Crippen LogP contribution in [-0.2, 0) is 0 Å². The molecule has 168 valence electrons. The van der Waals surface area contributed by atoms with E-state index in [2.05, 4.69) is 25.7 Å². The summed E-state index contributed by atoms with van der Waals surface area (Å²) in [4.78, 5) is 20.2. The number of fused-ring (bicyclic) bond motifs is 1. The highest BCUT2D eigenvalue weighted by molar-refractivity contribution is 6.36. The number of nitriles is 1. The molecule has 0 radical (unpaired) electrons. The number of benzene rings is 1. The number of pyridine rings is 1. The molecule has 9 nitrogen and oxygen atoms in total. The van der Waals surface area contributed by atoms with Crippen molar-refractivity contribution in [1.29, 1.82) is 5.26 Å². The van der Waals surface area contributed by atoms with Crippen molar-refractivity contribution in [3.05, 3.63) is 70.1 Å². The number of anilines is 2. The van der Waals surface area contributed by atoms with Crippen molar-refractivity contribution in [2.45, 2.75) is 0 Å². The first kappa shape index (κ1) is 24.1. The van der Waals surface area contributed by atoms with E-state index >= 15 is 0 Å². The van der Waals surface area contributed by atoms with Gasteiger partial charge in [-0.25, -0.2) is 19.3 Å². The second kappa shape index (κ2) is 10.4. The average molecular weight is 504 g/mol. The monoisotopic (exact) mass is 502 g/mol. The molecule has 0 saturated heterocycles. The first-order valence-corrected chi connectivity index (χ1v) is 10.1. The van der Waals surface area contributed by atoms with Gasteiger partial charge in [0, 0.05) is 35.9 Å². The van der Waals surface area contributed by atoms with E-state index in [4.69, 9.17) is 28.5 Å². The zero-order valence-corrected chi connectivity index (χ0v) is 19.0. The third-order valence-electron chi connectivity index (χ3n) is 4.50. The molecule has 0 aliphatic heterocycles. The van der Waals surface area contributed by atoms with Gasteiger partial charge in [0.1, 0.15) is 17.4 Å². The molecule has 3 N–H and O–H groups in total. The third kappa shape index (κ3) is 5.43. The number of carboxylic acids is 1. The number of hydrogen-bond donors (Lipinski definition) is 3. The number of hydrogen-bond acceptors (Lipinski definition) is 7. The van der Waals surface area contributed by atoms with Crippen LogP contribution >= 0.6 is 23.2 Å². The molecule has 1 aromatic carbocycles. The third-order valence-corrected chi connectivity index (χ3v) is 5.05. The number of carbonyl (C=O) groups is 1. The van der Waals surface area contributed by atoms with Crippen LogP contribution in [0.5, 0.6) is 0 Å². The molecule has 12 heteroatoms. The Bertz CT molecular complexity index is 1350. The Labute approximate surface area is 204 Å². The predicted molar refractivity (Wildman–Crippen MR) is 121 cm³/mol. The Morgan fingerprint density at radius 1 is 1.15 bits per heavy atom. The average Bonchev–Trinajstić information content (AvgIpc) is 3.22. The van der Waals surface area contributed by atoms with Crippen molar-refractivity contribution in [2.75, 3.05) is 23.7 Å². The fourth-order valence-corrected chi connectivity index (χ4v) is 3.50. The van der Waals surface area contributed by atoms with Crippen molar-refractivity contribution in [3.63, 3.8) is 0 Å².